The molecule has 0 aliphatic carbocycles. The Morgan fingerprint density at radius 3 is 1.93 bits per heavy atom. The second-order valence-electron chi connectivity index (χ2n) is 4.95. The summed E-state index contributed by atoms with van der Waals surface area (Å²) in [6.07, 6.45) is 13.9. The van der Waals surface area contributed by atoms with E-state index >= 15 is 0 Å². The van der Waals surface area contributed by atoms with E-state index in [-0.39, 0.29) is 0 Å². The van der Waals surface area contributed by atoms with Gasteiger partial charge in [0.2, 0.25) is 0 Å². The fourth-order valence-electron chi connectivity index (χ4n) is 2.05. The van der Waals surface area contributed by atoms with Crippen molar-refractivity contribution < 1.29 is 0 Å². The smallest absolute Gasteiger partial charge is 0.00773 e. The van der Waals surface area contributed by atoms with Crippen molar-refractivity contribution in [2.24, 2.45) is 11.7 Å². The lowest BCUT2D eigenvalue weighted by Crippen LogP contribution is -2.00. The van der Waals surface area contributed by atoms with Crippen LogP contribution in [0.3, 0.4) is 0 Å². The van der Waals surface area contributed by atoms with Gasteiger partial charge in [0.25, 0.3) is 0 Å². The van der Waals surface area contributed by atoms with Gasteiger partial charge in [-0.2, -0.15) is 0 Å². The molecule has 0 aliphatic heterocycles. The van der Waals surface area contributed by atoms with Crippen molar-refractivity contribution in [3.05, 3.63) is 0 Å². The van der Waals surface area contributed by atoms with Gasteiger partial charge >= 0.3 is 0 Å². The van der Waals surface area contributed by atoms with Gasteiger partial charge in [-0.05, 0) is 18.9 Å². The van der Waals surface area contributed by atoms with Gasteiger partial charge in [0.15, 0.2) is 0 Å². The van der Waals surface area contributed by atoms with E-state index in [1.54, 1.807) is 0 Å². The summed E-state index contributed by atoms with van der Waals surface area (Å²) in [7, 11) is 0. The van der Waals surface area contributed by atoms with E-state index in [1.165, 1.54) is 64.2 Å². The highest BCUT2D eigenvalue weighted by Crippen LogP contribution is 2.16. The zero-order valence-corrected chi connectivity index (χ0v) is 10.9. The predicted molar refractivity (Wildman–Crippen MR) is 70.1 cm³/mol. The Kier molecular flexibility index (Phi) is 12.0. The molecule has 0 rings (SSSR count). The lowest BCUT2D eigenvalue weighted by Gasteiger charge is -2.10. The van der Waals surface area contributed by atoms with E-state index in [9.17, 15) is 0 Å². The molecule has 0 aromatic rings. The molecule has 0 aromatic carbocycles. The van der Waals surface area contributed by atoms with Gasteiger partial charge in [0.05, 0.1) is 0 Å². The fourth-order valence-corrected chi connectivity index (χ4v) is 2.05. The molecule has 0 bridgehead atoms. The molecule has 2 N–H and O–H groups in total. The molecule has 1 nitrogen and oxygen atoms in total. The topological polar surface area (TPSA) is 26.0 Å². The maximum absolute atomic E-state index is 5.48. The third kappa shape index (κ3) is 11.9. The van der Waals surface area contributed by atoms with Crippen LogP contribution in [0.25, 0.3) is 0 Å². The monoisotopic (exact) mass is 213 g/mol. The summed E-state index contributed by atoms with van der Waals surface area (Å²) >= 11 is 0. The normalized spacial score (nSPS) is 13.0. The molecule has 0 spiro atoms. The van der Waals surface area contributed by atoms with Crippen molar-refractivity contribution >= 4 is 0 Å². The SMILES string of the molecule is CCCCCCCCC(C)CCCCN. The molecule has 0 saturated heterocycles. The minimum Gasteiger partial charge on any atom is -0.330 e. The van der Waals surface area contributed by atoms with Gasteiger partial charge in [-0.15, -0.1) is 0 Å². The largest absolute Gasteiger partial charge is 0.330 e. The average molecular weight is 213 g/mol. The Morgan fingerprint density at radius 1 is 0.800 bits per heavy atom. The second kappa shape index (κ2) is 12.0. The maximum atomic E-state index is 5.48. The van der Waals surface area contributed by atoms with E-state index in [0.717, 1.165) is 12.5 Å². The first-order valence-electron chi connectivity index (χ1n) is 7.01. The molecule has 0 aromatic heterocycles. The minimum absolute atomic E-state index is 0.865. The first-order chi connectivity index (χ1) is 7.31. The Bertz CT molecular complexity index is 112. The summed E-state index contributed by atoms with van der Waals surface area (Å²) in [5.74, 6) is 0.919. The highest BCUT2D eigenvalue weighted by atomic mass is 14.5. The molecule has 92 valence electrons. The number of nitrogens with two attached hydrogens (primary N) is 1. The van der Waals surface area contributed by atoms with Crippen LogP contribution in [0.4, 0.5) is 0 Å². The van der Waals surface area contributed by atoms with Crippen molar-refractivity contribution in [2.75, 3.05) is 6.54 Å². The molecule has 1 unspecified atom stereocenters. The summed E-state index contributed by atoms with van der Waals surface area (Å²) in [5.41, 5.74) is 5.48. The van der Waals surface area contributed by atoms with Gasteiger partial charge in [0, 0.05) is 0 Å². The van der Waals surface area contributed by atoms with Crippen LogP contribution < -0.4 is 5.73 Å². The van der Waals surface area contributed by atoms with E-state index in [4.69, 9.17) is 5.73 Å². The molecule has 0 amide bonds. The summed E-state index contributed by atoms with van der Waals surface area (Å²) in [4.78, 5) is 0. The van der Waals surface area contributed by atoms with Crippen LogP contribution in [-0.4, -0.2) is 6.54 Å². The van der Waals surface area contributed by atoms with Crippen molar-refractivity contribution in [1.29, 1.82) is 0 Å². The van der Waals surface area contributed by atoms with Gasteiger partial charge in [-0.1, -0.05) is 71.6 Å². The zero-order chi connectivity index (χ0) is 11.4. The quantitative estimate of drug-likeness (QED) is 0.502. The van der Waals surface area contributed by atoms with Crippen molar-refractivity contribution in [2.45, 2.75) is 78.1 Å². The highest BCUT2D eigenvalue weighted by molar-refractivity contribution is 4.55. The van der Waals surface area contributed by atoms with Crippen LogP contribution >= 0.6 is 0 Å². The number of hydrogen-bond acceptors (Lipinski definition) is 1. The van der Waals surface area contributed by atoms with Crippen LogP contribution in [0.5, 0.6) is 0 Å². The number of rotatable bonds is 11. The van der Waals surface area contributed by atoms with Crippen LogP contribution in [0, 0.1) is 5.92 Å². The number of hydrogen-bond donors (Lipinski definition) is 1. The van der Waals surface area contributed by atoms with Crippen molar-refractivity contribution in [3.63, 3.8) is 0 Å². The van der Waals surface area contributed by atoms with E-state index < -0.39 is 0 Å². The summed E-state index contributed by atoms with van der Waals surface area (Å²) < 4.78 is 0. The van der Waals surface area contributed by atoms with Crippen molar-refractivity contribution in [3.8, 4) is 0 Å². The molecule has 0 aliphatic rings. The molecular formula is C14H31N. The van der Waals surface area contributed by atoms with Crippen molar-refractivity contribution in [1.82, 2.24) is 0 Å². The third-order valence-corrected chi connectivity index (χ3v) is 3.20. The summed E-state index contributed by atoms with van der Waals surface area (Å²) in [5, 5.41) is 0. The molecule has 15 heavy (non-hydrogen) atoms. The van der Waals surface area contributed by atoms with E-state index in [0.29, 0.717) is 0 Å². The van der Waals surface area contributed by atoms with Gasteiger partial charge < -0.3 is 5.73 Å². The van der Waals surface area contributed by atoms with Crippen LogP contribution in [0.15, 0.2) is 0 Å². The first-order valence-corrected chi connectivity index (χ1v) is 7.01. The molecule has 1 heteroatoms. The standard InChI is InChI=1S/C14H31N/c1-3-4-5-6-7-8-11-14(2)12-9-10-13-15/h14H,3-13,15H2,1-2H3. The molecule has 0 fully saturated rings. The van der Waals surface area contributed by atoms with E-state index in [2.05, 4.69) is 13.8 Å². The Morgan fingerprint density at radius 2 is 1.33 bits per heavy atom. The van der Waals surface area contributed by atoms with Crippen LogP contribution in [-0.2, 0) is 0 Å². The lowest BCUT2D eigenvalue weighted by molar-refractivity contribution is 0.439. The van der Waals surface area contributed by atoms with Gasteiger partial charge in [-0.3, -0.25) is 0 Å². The second-order valence-corrected chi connectivity index (χ2v) is 4.95. The highest BCUT2D eigenvalue weighted by Gasteiger charge is 2.01. The first kappa shape index (κ1) is 15.0. The Hall–Kier alpha value is -0.0400. The molecule has 0 radical (unpaired) electrons. The third-order valence-electron chi connectivity index (χ3n) is 3.20. The molecule has 0 heterocycles. The number of unbranched alkanes of at least 4 members (excludes halogenated alkanes) is 6. The van der Waals surface area contributed by atoms with Crippen LogP contribution in [0.2, 0.25) is 0 Å². The Labute approximate surface area is 96.8 Å². The molecular weight excluding hydrogens is 182 g/mol. The van der Waals surface area contributed by atoms with Gasteiger partial charge in [0.1, 0.15) is 0 Å². The van der Waals surface area contributed by atoms with Gasteiger partial charge in [-0.25, -0.2) is 0 Å². The maximum Gasteiger partial charge on any atom is -0.00773 e. The Balaban J connectivity index is 3.06. The van der Waals surface area contributed by atoms with Crippen LogP contribution in [0.1, 0.15) is 78.1 Å². The molecule has 1 atom stereocenters. The fraction of sp³-hybridized carbons (Fsp3) is 1.00. The summed E-state index contributed by atoms with van der Waals surface area (Å²) in [6, 6.07) is 0. The average Bonchev–Trinajstić information content (AvgIpc) is 2.23. The summed E-state index contributed by atoms with van der Waals surface area (Å²) in [6.45, 7) is 5.53. The predicted octanol–water partition coefficient (Wildman–Crippen LogP) is 4.50. The zero-order valence-electron chi connectivity index (χ0n) is 10.9. The lowest BCUT2D eigenvalue weighted by atomic mass is 9.97. The van der Waals surface area contributed by atoms with E-state index in [1.807, 2.05) is 0 Å². The molecule has 0 saturated carbocycles. The minimum atomic E-state index is 0.865.